The Balaban J connectivity index is 1.44. The van der Waals surface area contributed by atoms with Gasteiger partial charge in [-0.1, -0.05) is 54.6 Å². The fourth-order valence-corrected chi connectivity index (χ4v) is 2.86. The minimum Gasteiger partial charge on any atom is -0.484 e. The van der Waals surface area contributed by atoms with Gasteiger partial charge in [0.2, 0.25) is 0 Å². The highest BCUT2D eigenvalue weighted by Gasteiger charge is 2.19. The molecular weight excluding hydrogens is 432 g/mol. The Morgan fingerprint density at radius 2 is 1.50 bits per heavy atom. The fourth-order valence-electron chi connectivity index (χ4n) is 2.71. The fraction of sp³-hybridized carbons (Fsp3) is 0.0455. The minimum atomic E-state index is -0.779. The number of thiocarbonyl (C=S) groups is 1. The molecule has 0 atom stereocenters. The lowest BCUT2D eigenvalue weighted by molar-refractivity contribution is -0.385. The number of carbonyl (C=O) groups is 2. The van der Waals surface area contributed by atoms with Crippen molar-refractivity contribution in [3.05, 3.63) is 94.5 Å². The summed E-state index contributed by atoms with van der Waals surface area (Å²) in [5, 5.41) is 13.0. The summed E-state index contributed by atoms with van der Waals surface area (Å²) in [6, 6.07) is 22.5. The molecule has 32 heavy (non-hydrogen) atoms. The minimum absolute atomic E-state index is 0.157. The van der Waals surface area contributed by atoms with Crippen molar-refractivity contribution in [2.45, 2.75) is 0 Å². The van der Waals surface area contributed by atoms with Gasteiger partial charge >= 0.3 is 0 Å². The van der Waals surface area contributed by atoms with Gasteiger partial charge in [-0.25, -0.2) is 0 Å². The van der Waals surface area contributed by atoms with E-state index in [4.69, 9.17) is 17.0 Å². The topological polar surface area (TPSA) is 123 Å². The van der Waals surface area contributed by atoms with Crippen LogP contribution in [0.25, 0.3) is 11.1 Å². The summed E-state index contributed by atoms with van der Waals surface area (Å²) in [7, 11) is 0. The molecule has 2 amide bonds. The highest BCUT2D eigenvalue weighted by molar-refractivity contribution is 7.80. The Bertz CT molecular complexity index is 1140. The molecule has 0 radical (unpaired) electrons. The van der Waals surface area contributed by atoms with E-state index in [0.717, 1.165) is 11.1 Å². The third-order valence-corrected chi connectivity index (χ3v) is 4.42. The van der Waals surface area contributed by atoms with Gasteiger partial charge in [0, 0.05) is 6.07 Å². The number of ether oxygens (including phenoxy) is 1. The van der Waals surface area contributed by atoms with Gasteiger partial charge in [0.15, 0.2) is 11.7 Å². The number of amides is 2. The zero-order chi connectivity index (χ0) is 22.9. The first kappa shape index (κ1) is 22.4. The number of nitro benzene ring substituents is 1. The molecule has 0 heterocycles. The molecular formula is C22H18N4O5S. The first-order valence-electron chi connectivity index (χ1n) is 9.36. The van der Waals surface area contributed by atoms with Gasteiger partial charge < -0.3 is 4.74 Å². The molecule has 0 aliphatic rings. The lowest BCUT2D eigenvalue weighted by Gasteiger charge is -2.11. The van der Waals surface area contributed by atoms with Crippen LogP contribution in [0.2, 0.25) is 0 Å². The van der Waals surface area contributed by atoms with Crippen molar-refractivity contribution >= 4 is 34.8 Å². The van der Waals surface area contributed by atoms with Crippen molar-refractivity contribution in [1.82, 2.24) is 16.2 Å². The van der Waals surface area contributed by atoms with Gasteiger partial charge in [-0.3, -0.25) is 35.9 Å². The molecule has 0 aliphatic carbocycles. The second kappa shape index (κ2) is 10.6. The zero-order valence-corrected chi connectivity index (χ0v) is 17.4. The number of rotatable bonds is 6. The van der Waals surface area contributed by atoms with Gasteiger partial charge in [-0.15, -0.1) is 0 Å². The highest BCUT2D eigenvalue weighted by Crippen LogP contribution is 2.22. The Labute approximate surface area is 188 Å². The maximum atomic E-state index is 12.2. The van der Waals surface area contributed by atoms with Crippen LogP contribution in [0.1, 0.15) is 10.4 Å². The number of benzene rings is 3. The van der Waals surface area contributed by atoms with Crippen molar-refractivity contribution in [3.63, 3.8) is 0 Å². The van der Waals surface area contributed by atoms with Crippen LogP contribution in [0.15, 0.2) is 78.9 Å². The number of hydrogen-bond donors (Lipinski definition) is 3. The van der Waals surface area contributed by atoms with Crippen LogP contribution < -0.4 is 20.9 Å². The van der Waals surface area contributed by atoms with Gasteiger partial charge in [-0.2, -0.15) is 0 Å². The SMILES string of the molecule is O=C(COc1ccc(-c2ccccc2)cc1)NNC(=S)NC(=O)c1ccccc1[N+](=O)[O-]. The first-order chi connectivity index (χ1) is 15.4. The molecule has 0 aliphatic heterocycles. The largest absolute Gasteiger partial charge is 0.484 e. The molecule has 0 aromatic heterocycles. The molecule has 0 saturated heterocycles. The van der Waals surface area contributed by atoms with Crippen molar-refractivity contribution in [2.24, 2.45) is 0 Å². The summed E-state index contributed by atoms with van der Waals surface area (Å²) >= 11 is 4.93. The summed E-state index contributed by atoms with van der Waals surface area (Å²) in [5.41, 5.74) is 6.20. The maximum absolute atomic E-state index is 12.2. The van der Waals surface area contributed by atoms with Crippen molar-refractivity contribution in [2.75, 3.05) is 6.61 Å². The molecule has 0 bridgehead atoms. The monoisotopic (exact) mass is 450 g/mol. The highest BCUT2D eigenvalue weighted by atomic mass is 32.1. The van der Waals surface area contributed by atoms with Crippen LogP contribution in [-0.4, -0.2) is 28.5 Å². The van der Waals surface area contributed by atoms with Crippen LogP contribution in [0.3, 0.4) is 0 Å². The summed E-state index contributed by atoms with van der Waals surface area (Å²) in [5.74, 6) is -0.815. The molecule has 0 unspecified atom stereocenters. The van der Waals surface area contributed by atoms with Crippen molar-refractivity contribution < 1.29 is 19.2 Å². The molecule has 3 rings (SSSR count). The van der Waals surface area contributed by atoms with Crippen LogP contribution >= 0.6 is 12.2 Å². The van der Waals surface area contributed by atoms with Gasteiger partial charge in [-0.05, 0) is 41.5 Å². The molecule has 3 aromatic carbocycles. The van der Waals surface area contributed by atoms with Gasteiger partial charge in [0.25, 0.3) is 17.5 Å². The summed E-state index contributed by atoms with van der Waals surface area (Å²) in [6.45, 7) is -0.293. The van der Waals surface area contributed by atoms with E-state index in [1.165, 1.54) is 24.3 Å². The van der Waals surface area contributed by atoms with E-state index in [-0.39, 0.29) is 23.0 Å². The van der Waals surface area contributed by atoms with Crippen LogP contribution in [0.4, 0.5) is 5.69 Å². The van der Waals surface area contributed by atoms with E-state index in [0.29, 0.717) is 5.75 Å². The number of nitro groups is 1. The van der Waals surface area contributed by atoms with E-state index < -0.39 is 16.7 Å². The smallest absolute Gasteiger partial charge is 0.282 e. The third kappa shape index (κ3) is 6.09. The van der Waals surface area contributed by atoms with Gasteiger partial charge in [0.1, 0.15) is 11.3 Å². The Morgan fingerprint density at radius 1 is 0.875 bits per heavy atom. The zero-order valence-electron chi connectivity index (χ0n) is 16.6. The molecule has 0 fully saturated rings. The number of hydrogen-bond acceptors (Lipinski definition) is 6. The standard InChI is InChI=1S/C22H18N4O5S/c27-20(14-31-17-12-10-16(11-13-17)15-6-2-1-3-7-15)24-25-22(32)23-21(28)18-8-4-5-9-19(18)26(29)30/h1-13H,14H2,(H,24,27)(H2,23,25,28,32). The van der Waals surface area contributed by atoms with Crippen LogP contribution in [0, 0.1) is 10.1 Å². The summed E-state index contributed by atoms with van der Waals surface area (Å²) in [4.78, 5) is 34.5. The molecule has 162 valence electrons. The number of carbonyl (C=O) groups excluding carboxylic acids is 2. The van der Waals surface area contributed by atoms with Gasteiger partial charge in [0.05, 0.1) is 4.92 Å². The number of para-hydroxylation sites is 1. The Hall–Kier alpha value is -4.31. The molecule has 10 heteroatoms. The lowest BCUT2D eigenvalue weighted by atomic mass is 10.1. The lowest BCUT2D eigenvalue weighted by Crippen LogP contribution is -2.49. The van der Waals surface area contributed by atoms with Crippen molar-refractivity contribution in [3.8, 4) is 16.9 Å². The second-order valence-electron chi connectivity index (χ2n) is 6.41. The van der Waals surface area contributed by atoms with E-state index in [1.807, 2.05) is 42.5 Å². The molecule has 3 aromatic rings. The summed E-state index contributed by atoms with van der Waals surface area (Å²) < 4.78 is 5.43. The number of nitrogens with one attached hydrogen (secondary N) is 3. The third-order valence-electron chi connectivity index (χ3n) is 4.22. The molecule has 0 saturated carbocycles. The van der Waals surface area contributed by atoms with E-state index in [2.05, 4.69) is 16.2 Å². The molecule has 0 spiro atoms. The Kier molecular flexibility index (Phi) is 7.44. The van der Waals surface area contributed by atoms with E-state index in [1.54, 1.807) is 12.1 Å². The average Bonchev–Trinajstić information content (AvgIpc) is 2.82. The molecule has 9 nitrogen and oxygen atoms in total. The van der Waals surface area contributed by atoms with E-state index in [9.17, 15) is 19.7 Å². The van der Waals surface area contributed by atoms with Crippen LogP contribution in [-0.2, 0) is 4.79 Å². The van der Waals surface area contributed by atoms with Crippen LogP contribution in [0.5, 0.6) is 5.75 Å². The van der Waals surface area contributed by atoms with Crippen molar-refractivity contribution in [1.29, 1.82) is 0 Å². The summed E-state index contributed by atoms with van der Waals surface area (Å²) in [6.07, 6.45) is 0. The normalized spacial score (nSPS) is 10.0. The first-order valence-corrected chi connectivity index (χ1v) is 9.77. The number of nitrogens with zero attached hydrogens (tertiary/aromatic N) is 1. The predicted octanol–water partition coefficient (Wildman–Crippen LogP) is 2.98. The van der Waals surface area contributed by atoms with E-state index >= 15 is 0 Å². The Morgan fingerprint density at radius 3 is 2.19 bits per heavy atom. The quantitative estimate of drug-likeness (QED) is 0.300. The molecule has 3 N–H and O–H groups in total. The second-order valence-corrected chi connectivity index (χ2v) is 6.82. The number of hydrazine groups is 1. The predicted molar refractivity (Wildman–Crippen MR) is 122 cm³/mol. The average molecular weight is 450 g/mol. The maximum Gasteiger partial charge on any atom is 0.282 e.